The number of hydrogen-bond acceptors (Lipinski definition) is 8. The summed E-state index contributed by atoms with van der Waals surface area (Å²) in [6.45, 7) is 18.3. The van der Waals surface area contributed by atoms with Gasteiger partial charge >= 0.3 is 12.1 Å². The standard InChI is InChI=1S/C51H55ClN4O7/c1-10-24-60-40-19-17-38(18-20-40)56(47(57)44-30-46(54(9)33(44)2)45-28-37(52)16-21-43(45)48(58)62-50(3,4)5)39-26-34(31-53)27-41(29-39)61-25-12-15-35-13-11-14-36-32-55(23-22-42(35)36)49(59)63-51(6,7)8/h10-11,13-14,16-21,26-30H,1,12,15,22-25,32H2,2-9H3. The number of rotatable bonds is 13. The lowest BCUT2D eigenvalue weighted by Crippen LogP contribution is -2.40. The molecule has 1 aromatic heterocycles. The van der Waals surface area contributed by atoms with Crippen LogP contribution in [0.25, 0.3) is 11.3 Å². The summed E-state index contributed by atoms with van der Waals surface area (Å²) in [5, 5.41) is 10.6. The highest BCUT2D eigenvalue weighted by molar-refractivity contribution is 6.31. The molecule has 0 fully saturated rings. The first-order valence-electron chi connectivity index (χ1n) is 21.0. The lowest BCUT2D eigenvalue weighted by molar-refractivity contribution is 0.00694. The molecule has 63 heavy (non-hydrogen) atoms. The Morgan fingerprint density at radius 2 is 1.60 bits per heavy atom. The summed E-state index contributed by atoms with van der Waals surface area (Å²) in [7, 11) is 1.82. The van der Waals surface area contributed by atoms with Gasteiger partial charge in [0, 0.05) is 53.9 Å². The molecule has 0 radical (unpaired) electrons. The number of ether oxygens (including phenoxy) is 4. The summed E-state index contributed by atoms with van der Waals surface area (Å²) in [4.78, 5) is 44.6. The number of aryl methyl sites for hydroxylation is 1. The maximum atomic E-state index is 15.1. The van der Waals surface area contributed by atoms with Gasteiger partial charge in [-0.2, -0.15) is 5.26 Å². The number of nitriles is 1. The van der Waals surface area contributed by atoms with Crippen LogP contribution in [-0.2, 0) is 35.9 Å². The van der Waals surface area contributed by atoms with Crippen molar-refractivity contribution in [3.8, 4) is 28.8 Å². The van der Waals surface area contributed by atoms with Crippen LogP contribution in [0.5, 0.6) is 11.5 Å². The van der Waals surface area contributed by atoms with Gasteiger partial charge in [0.05, 0.1) is 35.1 Å². The Labute approximate surface area is 375 Å². The zero-order valence-electron chi connectivity index (χ0n) is 37.3. The molecule has 0 N–H and O–H groups in total. The van der Waals surface area contributed by atoms with Crippen molar-refractivity contribution in [1.29, 1.82) is 5.26 Å². The van der Waals surface area contributed by atoms with Crippen molar-refractivity contribution in [2.75, 3.05) is 24.7 Å². The number of fused-ring (bicyclic) bond motifs is 1. The average Bonchev–Trinajstić information content (AvgIpc) is 3.53. The largest absolute Gasteiger partial charge is 0.493 e. The lowest BCUT2D eigenvalue weighted by Gasteiger charge is -2.32. The van der Waals surface area contributed by atoms with Gasteiger partial charge in [-0.05, 0) is 145 Å². The summed E-state index contributed by atoms with van der Waals surface area (Å²) in [6.07, 6.45) is 3.52. The minimum atomic E-state index is -0.733. The van der Waals surface area contributed by atoms with E-state index in [0.29, 0.717) is 94.3 Å². The van der Waals surface area contributed by atoms with Gasteiger partial charge in [-0.15, -0.1) is 0 Å². The van der Waals surface area contributed by atoms with Crippen molar-refractivity contribution in [3.05, 3.63) is 142 Å². The normalized spacial score (nSPS) is 12.5. The molecule has 0 saturated carbocycles. The predicted molar refractivity (Wildman–Crippen MR) is 246 cm³/mol. The van der Waals surface area contributed by atoms with Gasteiger partial charge in [0.25, 0.3) is 5.91 Å². The Bertz CT molecular complexity index is 2560. The van der Waals surface area contributed by atoms with Gasteiger partial charge in [-0.1, -0.05) is 42.5 Å². The van der Waals surface area contributed by atoms with Crippen LogP contribution in [0.1, 0.15) is 96.6 Å². The highest BCUT2D eigenvalue weighted by atomic mass is 35.5. The third-order valence-electron chi connectivity index (χ3n) is 10.5. The molecule has 2 heterocycles. The van der Waals surface area contributed by atoms with E-state index in [9.17, 15) is 14.9 Å². The van der Waals surface area contributed by atoms with Crippen LogP contribution in [0, 0.1) is 18.3 Å². The second-order valence-corrected chi connectivity index (χ2v) is 17.9. The number of amides is 2. The average molecular weight is 871 g/mol. The monoisotopic (exact) mass is 870 g/mol. The van der Waals surface area contributed by atoms with E-state index in [1.165, 1.54) is 11.1 Å². The number of carbonyl (C=O) groups excluding carboxylic acids is 3. The van der Waals surface area contributed by atoms with E-state index in [2.05, 4.69) is 24.8 Å². The van der Waals surface area contributed by atoms with Gasteiger partial charge in [0.1, 0.15) is 29.3 Å². The molecule has 328 valence electrons. The predicted octanol–water partition coefficient (Wildman–Crippen LogP) is 11.3. The maximum Gasteiger partial charge on any atom is 0.410 e. The molecule has 2 amide bonds. The fourth-order valence-electron chi connectivity index (χ4n) is 7.48. The molecular weight excluding hydrogens is 816 g/mol. The first kappa shape index (κ1) is 46.0. The van der Waals surface area contributed by atoms with Crippen LogP contribution in [-0.4, -0.2) is 58.4 Å². The molecule has 0 aliphatic carbocycles. The number of benzene rings is 4. The minimum Gasteiger partial charge on any atom is -0.493 e. The highest BCUT2D eigenvalue weighted by Gasteiger charge is 2.29. The minimum absolute atomic E-state index is 0.307. The van der Waals surface area contributed by atoms with Crippen LogP contribution in [0.15, 0.2) is 97.6 Å². The molecule has 0 saturated heterocycles. The number of aromatic nitrogens is 1. The molecule has 6 rings (SSSR count). The first-order chi connectivity index (χ1) is 29.8. The number of anilines is 2. The number of hydrogen-bond donors (Lipinski definition) is 0. The van der Waals surface area contributed by atoms with Crippen LogP contribution in [0.3, 0.4) is 0 Å². The molecule has 0 bridgehead atoms. The molecule has 5 aromatic rings. The summed E-state index contributed by atoms with van der Waals surface area (Å²) in [5.41, 5.74) is 5.92. The van der Waals surface area contributed by atoms with Crippen LogP contribution >= 0.6 is 11.6 Å². The Balaban J connectivity index is 1.29. The van der Waals surface area contributed by atoms with E-state index in [-0.39, 0.29) is 12.0 Å². The first-order valence-corrected chi connectivity index (χ1v) is 21.4. The third-order valence-corrected chi connectivity index (χ3v) is 10.7. The molecule has 0 spiro atoms. The number of nitrogens with zero attached hydrogens (tertiary/aromatic N) is 4. The second kappa shape index (κ2) is 19.3. The van der Waals surface area contributed by atoms with Crippen LogP contribution in [0.2, 0.25) is 5.02 Å². The van der Waals surface area contributed by atoms with Crippen molar-refractivity contribution >= 4 is 40.9 Å². The Morgan fingerprint density at radius 3 is 2.29 bits per heavy atom. The Hall–Kier alpha value is -6.51. The number of carbonyl (C=O) groups is 3. The van der Waals surface area contributed by atoms with E-state index in [0.717, 1.165) is 18.4 Å². The summed E-state index contributed by atoms with van der Waals surface area (Å²) in [6, 6.07) is 27.3. The lowest BCUT2D eigenvalue weighted by atomic mass is 9.92. The smallest absolute Gasteiger partial charge is 0.410 e. The van der Waals surface area contributed by atoms with Gasteiger partial charge in [0.2, 0.25) is 0 Å². The van der Waals surface area contributed by atoms with E-state index in [1.807, 2.05) is 45.4 Å². The fraction of sp³-hybridized carbons (Fsp3) is 0.333. The molecular formula is C51H55ClN4O7. The molecule has 12 heteroatoms. The van der Waals surface area contributed by atoms with Gasteiger partial charge in [-0.25, -0.2) is 9.59 Å². The van der Waals surface area contributed by atoms with Crippen molar-refractivity contribution in [2.45, 2.75) is 85.5 Å². The van der Waals surface area contributed by atoms with E-state index in [4.69, 9.17) is 30.5 Å². The molecule has 1 aliphatic heterocycles. The second-order valence-electron chi connectivity index (χ2n) is 17.5. The summed E-state index contributed by atoms with van der Waals surface area (Å²) >= 11 is 6.49. The Morgan fingerprint density at radius 1 is 0.873 bits per heavy atom. The highest BCUT2D eigenvalue weighted by Crippen LogP contribution is 2.37. The quantitative estimate of drug-likeness (QED) is 0.0651. The number of halogens is 1. The van der Waals surface area contributed by atoms with Gasteiger partial charge < -0.3 is 28.4 Å². The Kier molecular flexibility index (Phi) is 14.1. The van der Waals surface area contributed by atoms with Crippen LogP contribution < -0.4 is 14.4 Å². The zero-order chi connectivity index (χ0) is 45.6. The molecule has 0 unspecified atom stereocenters. The van der Waals surface area contributed by atoms with Crippen LogP contribution in [0.4, 0.5) is 16.2 Å². The summed E-state index contributed by atoms with van der Waals surface area (Å²) < 4.78 is 25.3. The maximum absolute atomic E-state index is 15.1. The molecule has 0 atom stereocenters. The third kappa shape index (κ3) is 11.3. The van der Waals surface area contributed by atoms with Gasteiger partial charge in [-0.3, -0.25) is 9.69 Å². The zero-order valence-corrected chi connectivity index (χ0v) is 38.1. The molecule has 4 aromatic carbocycles. The SMILES string of the molecule is C=CCOc1ccc(N(C(=O)c2cc(-c3cc(Cl)ccc3C(=O)OC(C)(C)C)n(C)c2C)c2cc(C#N)cc(OCCCc3cccc4c3CCN(C(=O)OC(C)(C)C)C4)c2)cc1. The fourth-order valence-corrected chi connectivity index (χ4v) is 7.65. The topological polar surface area (TPSA) is 123 Å². The van der Waals surface area contributed by atoms with Crippen molar-refractivity contribution < 1.29 is 33.3 Å². The van der Waals surface area contributed by atoms with Gasteiger partial charge in [0.15, 0.2) is 0 Å². The van der Waals surface area contributed by atoms with E-state index >= 15 is 4.79 Å². The number of esters is 1. The van der Waals surface area contributed by atoms with E-state index < -0.39 is 17.2 Å². The van der Waals surface area contributed by atoms with Crippen molar-refractivity contribution in [2.24, 2.45) is 7.05 Å². The van der Waals surface area contributed by atoms with Crippen molar-refractivity contribution in [3.63, 3.8) is 0 Å². The molecule has 11 nitrogen and oxygen atoms in total. The summed E-state index contributed by atoms with van der Waals surface area (Å²) in [5.74, 6) is 0.129. The molecule has 1 aliphatic rings. The van der Waals surface area contributed by atoms with E-state index in [1.54, 1.807) is 103 Å². The van der Waals surface area contributed by atoms with Crippen molar-refractivity contribution in [1.82, 2.24) is 9.47 Å².